The molecule has 6 heteroatoms. The minimum Gasteiger partial charge on any atom is -0.382 e. The summed E-state index contributed by atoms with van der Waals surface area (Å²) in [6.45, 7) is 1.91. The van der Waals surface area contributed by atoms with Crippen molar-refractivity contribution in [2.24, 2.45) is 11.8 Å². The summed E-state index contributed by atoms with van der Waals surface area (Å²) in [5.74, 6) is 1.73. The first-order valence-electron chi connectivity index (χ1n) is 6.42. The standard InChI is InChI=1S/C12H23ClO4S/c1-16-6-7-17-5-2-3-11(9-13)12-4-8-18(14,15)10-12/h11-12H,2-10H2,1H3. The third-order valence-electron chi connectivity index (χ3n) is 3.43. The summed E-state index contributed by atoms with van der Waals surface area (Å²) in [5.41, 5.74) is 0. The van der Waals surface area contributed by atoms with Crippen molar-refractivity contribution in [2.45, 2.75) is 19.3 Å². The van der Waals surface area contributed by atoms with E-state index in [9.17, 15) is 8.42 Å². The van der Waals surface area contributed by atoms with E-state index in [0.29, 0.717) is 43.1 Å². The Hall–Kier alpha value is 0.160. The number of ether oxygens (including phenoxy) is 2. The number of alkyl halides is 1. The van der Waals surface area contributed by atoms with E-state index in [4.69, 9.17) is 21.1 Å². The maximum Gasteiger partial charge on any atom is 0.150 e. The molecule has 0 N–H and O–H groups in total. The fraction of sp³-hybridized carbons (Fsp3) is 1.00. The third-order valence-corrected chi connectivity index (χ3v) is 5.62. The molecule has 1 fully saturated rings. The van der Waals surface area contributed by atoms with Gasteiger partial charge >= 0.3 is 0 Å². The maximum atomic E-state index is 11.4. The van der Waals surface area contributed by atoms with Crippen LogP contribution in [0, 0.1) is 11.8 Å². The van der Waals surface area contributed by atoms with Crippen molar-refractivity contribution in [3.63, 3.8) is 0 Å². The van der Waals surface area contributed by atoms with Crippen molar-refractivity contribution < 1.29 is 17.9 Å². The maximum absolute atomic E-state index is 11.4. The van der Waals surface area contributed by atoms with Crippen molar-refractivity contribution in [2.75, 3.05) is 44.3 Å². The van der Waals surface area contributed by atoms with Crippen LogP contribution in [0.15, 0.2) is 0 Å². The van der Waals surface area contributed by atoms with Crippen molar-refractivity contribution in [1.29, 1.82) is 0 Å². The van der Waals surface area contributed by atoms with Gasteiger partial charge in [-0.15, -0.1) is 11.6 Å². The predicted octanol–water partition coefficient (Wildman–Crippen LogP) is 1.72. The van der Waals surface area contributed by atoms with Crippen LogP contribution in [0.3, 0.4) is 0 Å². The fourth-order valence-electron chi connectivity index (χ4n) is 2.33. The van der Waals surface area contributed by atoms with Gasteiger partial charge in [0.1, 0.15) is 0 Å². The van der Waals surface area contributed by atoms with Gasteiger partial charge in [-0.05, 0) is 31.1 Å². The lowest BCUT2D eigenvalue weighted by Crippen LogP contribution is -2.18. The van der Waals surface area contributed by atoms with Crippen LogP contribution in [0.5, 0.6) is 0 Å². The second-order valence-corrected chi connectivity index (χ2v) is 7.36. The highest BCUT2D eigenvalue weighted by Crippen LogP contribution is 2.29. The van der Waals surface area contributed by atoms with Gasteiger partial charge < -0.3 is 9.47 Å². The summed E-state index contributed by atoms with van der Waals surface area (Å²) in [6, 6.07) is 0. The molecule has 0 saturated carbocycles. The highest BCUT2D eigenvalue weighted by molar-refractivity contribution is 7.91. The smallest absolute Gasteiger partial charge is 0.150 e. The van der Waals surface area contributed by atoms with Crippen LogP contribution in [0.2, 0.25) is 0 Å². The average molecular weight is 299 g/mol. The molecule has 0 aliphatic carbocycles. The molecule has 0 bridgehead atoms. The molecule has 0 aromatic heterocycles. The van der Waals surface area contributed by atoms with Crippen LogP contribution >= 0.6 is 11.6 Å². The van der Waals surface area contributed by atoms with E-state index in [0.717, 1.165) is 19.3 Å². The molecule has 0 aromatic rings. The van der Waals surface area contributed by atoms with Gasteiger partial charge in [-0.1, -0.05) is 0 Å². The summed E-state index contributed by atoms with van der Waals surface area (Å²) < 4.78 is 33.1. The molecule has 0 amide bonds. The number of methoxy groups -OCH3 is 1. The fourth-order valence-corrected chi connectivity index (χ4v) is 4.65. The van der Waals surface area contributed by atoms with Crippen LogP contribution in [-0.2, 0) is 19.3 Å². The number of hydrogen-bond donors (Lipinski definition) is 0. The number of sulfone groups is 1. The molecule has 1 rings (SSSR count). The first kappa shape index (κ1) is 16.2. The molecule has 0 spiro atoms. The monoisotopic (exact) mass is 298 g/mol. The van der Waals surface area contributed by atoms with Crippen molar-refractivity contribution in [1.82, 2.24) is 0 Å². The highest BCUT2D eigenvalue weighted by Gasteiger charge is 2.32. The van der Waals surface area contributed by atoms with E-state index in [2.05, 4.69) is 0 Å². The number of rotatable bonds is 9. The molecule has 4 nitrogen and oxygen atoms in total. The molecule has 18 heavy (non-hydrogen) atoms. The Bertz CT molecular complexity index is 318. The second-order valence-electron chi connectivity index (χ2n) is 4.82. The first-order chi connectivity index (χ1) is 8.59. The van der Waals surface area contributed by atoms with Gasteiger partial charge in [0.15, 0.2) is 9.84 Å². The van der Waals surface area contributed by atoms with Gasteiger partial charge in [0.05, 0.1) is 24.7 Å². The number of halogens is 1. The van der Waals surface area contributed by atoms with E-state index in [1.165, 1.54) is 0 Å². The molecule has 2 atom stereocenters. The molecule has 1 aliphatic heterocycles. The molecule has 0 radical (unpaired) electrons. The minimum absolute atomic E-state index is 0.242. The average Bonchev–Trinajstić information content (AvgIpc) is 2.69. The SMILES string of the molecule is COCCOCCCC(CCl)C1CCS(=O)(=O)C1. The Morgan fingerprint density at radius 2 is 2.11 bits per heavy atom. The Kier molecular flexibility index (Phi) is 7.53. The zero-order valence-electron chi connectivity index (χ0n) is 10.9. The lowest BCUT2D eigenvalue weighted by atomic mass is 9.89. The van der Waals surface area contributed by atoms with Crippen LogP contribution in [0.4, 0.5) is 0 Å². The van der Waals surface area contributed by atoms with E-state index in [1.807, 2.05) is 0 Å². The van der Waals surface area contributed by atoms with Gasteiger partial charge in [-0.2, -0.15) is 0 Å². The molecule has 1 saturated heterocycles. The normalized spacial score (nSPS) is 24.2. The molecular formula is C12H23ClO4S. The van der Waals surface area contributed by atoms with Gasteiger partial charge in [0, 0.05) is 19.6 Å². The van der Waals surface area contributed by atoms with Gasteiger partial charge in [-0.25, -0.2) is 8.42 Å². The largest absolute Gasteiger partial charge is 0.382 e. The Morgan fingerprint density at radius 3 is 2.67 bits per heavy atom. The lowest BCUT2D eigenvalue weighted by Gasteiger charge is -2.19. The first-order valence-corrected chi connectivity index (χ1v) is 8.77. The highest BCUT2D eigenvalue weighted by atomic mass is 35.5. The number of hydrogen-bond acceptors (Lipinski definition) is 4. The van der Waals surface area contributed by atoms with E-state index in [1.54, 1.807) is 7.11 Å². The Labute approximate surface area is 115 Å². The van der Waals surface area contributed by atoms with E-state index < -0.39 is 9.84 Å². The molecular weight excluding hydrogens is 276 g/mol. The molecule has 0 aromatic carbocycles. The second kappa shape index (κ2) is 8.35. The topological polar surface area (TPSA) is 52.6 Å². The zero-order chi connectivity index (χ0) is 13.4. The Morgan fingerprint density at radius 1 is 1.33 bits per heavy atom. The van der Waals surface area contributed by atoms with Crippen molar-refractivity contribution in [3.8, 4) is 0 Å². The summed E-state index contributed by atoms with van der Waals surface area (Å²) in [5, 5.41) is 0. The third kappa shape index (κ3) is 5.87. The quantitative estimate of drug-likeness (QED) is 0.480. The minimum atomic E-state index is -2.80. The van der Waals surface area contributed by atoms with Crippen LogP contribution in [0.25, 0.3) is 0 Å². The van der Waals surface area contributed by atoms with Crippen molar-refractivity contribution >= 4 is 21.4 Å². The van der Waals surface area contributed by atoms with Gasteiger partial charge in [0.25, 0.3) is 0 Å². The van der Waals surface area contributed by atoms with Crippen LogP contribution in [0.1, 0.15) is 19.3 Å². The summed E-state index contributed by atoms with van der Waals surface area (Å²) in [6.07, 6.45) is 2.64. The summed E-state index contributed by atoms with van der Waals surface area (Å²) in [4.78, 5) is 0. The summed E-state index contributed by atoms with van der Waals surface area (Å²) in [7, 11) is -1.15. The van der Waals surface area contributed by atoms with Crippen molar-refractivity contribution in [3.05, 3.63) is 0 Å². The molecule has 2 unspecified atom stereocenters. The lowest BCUT2D eigenvalue weighted by molar-refractivity contribution is 0.0667. The van der Waals surface area contributed by atoms with Crippen LogP contribution in [-0.4, -0.2) is 52.7 Å². The molecule has 1 heterocycles. The molecule has 1 aliphatic rings. The Balaban J connectivity index is 2.18. The van der Waals surface area contributed by atoms with Gasteiger partial charge in [-0.3, -0.25) is 0 Å². The zero-order valence-corrected chi connectivity index (χ0v) is 12.5. The summed E-state index contributed by atoms with van der Waals surface area (Å²) >= 11 is 5.95. The predicted molar refractivity (Wildman–Crippen MR) is 72.9 cm³/mol. The van der Waals surface area contributed by atoms with Gasteiger partial charge in [0.2, 0.25) is 0 Å². The van der Waals surface area contributed by atoms with E-state index >= 15 is 0 Å². The van der Waals surface area contributed by atoms with Crippen LogP contribution < -0.4 is 0 Å². The molecule has 108 valence electrons. The van der Waals surface area contributed by atoms with E-state index in [-0.39, 0.29) is 5.92 Å².